The van der Waals surface area contributed by atoms with Gasteiger partial charge in [0.1, 0.15) is 0 Å². The van der Waals surface area contributed by atoms with Gasteiger partial charge in [-0.2, -0.15) is 0 Å². The van der Waals surface area contributed by atoms with Crippen LogP contribution in [0.15, 0.2) is 24.3 Å². The molecule has 0 unspecified atom stereocenters. The molecule has 2 fully saturated rings. The van der Waals surface area contributed by atoms with Gasteiger partial charge in [0.15, 0.2) is 0 Å². The number of nitrogens with one attached hydrogen (secondary N) is 1. The minimum atomic E-state index is 0.782. The van der Waals surface area contributed by atoms with Gasteiger partial charge in [-0.1, -0.05) is 12.1 Å². The molecular weight excluding hydrogens is 248 g/mol. The van der Waals surface area contributed by atoms with Crippen LogP contribution in [0.1, 0.15) is 19.3 Å². The average molecular weight is 270 g/mol. The van der Waals surface area contributed by atoms with Crippen molar-refractivity contribution >= 4 is 17.0 Å². The van der Waals surface area contributed by atoms with Crippen LogP contribution in [0.2, 0.25) is 0 Å². The number of benzene rings is 1. The first-order valence-electron chi connectivity index (χ1n) is 7.71. The van der Waals surface area contributed by atoms with Crippen LogP contribution in [-0.4, -0.2) is 47.6 Å². The maximum atomic E-state index is 4.75. The first-order valence-corrected chi connectivity index (χ1v) is 7.71. The van der Waals surface area contributed by atoms with E-state index in [1.165, 1.54) is 25.8 Å². The van der Waals surface area contributed by atoms with Crippen molar-refractivity contribution in [3.05, 3.63) is 24.3 Å². The zero-order valence-electron chi connectivity index (χ0n) is 12.0. The zero-order valence-corrected chi connectivity index (χ0v) is 12.0. The van der Waals surface area contributed by atoms with E-state index in [2.05, 4.69) is 46.1 Å². The Balaban J connectivity index is 1.57. The van der Waals surface area contributed by atoms with Crippen LogP contribution in [0.3, 0.4) is 0 Å². The fourth-order valence-corrected chi connectivity index (χ4v) is 3.93. The molecule has 0 aliphatic carbocycles. The molecule has 1 aromatic carbocycles. The van der Waals surface area contributed by atoms with E-state index in [1.54, 1.807) is 0 Å². The molecule has 1 aromatic heterocycles. The van der Waals surface area contributed by atoms with Gasteiger partial charge in [0.25, 0.3) is 0 Å². The molecule has 4 nitrogen and oxygen atoms in total. The molecule has 20 heavy (non-hydrogen) atoms. The molecule has 0 amide bonds. The second-order valence-corrected chi connectivity index (χ2v) is 6.26. The van der Waals surface area contributed by atoms with E-state index in [0.717, 1.165) is 42.0 Å². The summed E-state index contributed by atoms with van der Waals surface area (Å²) in [5.41, 5.74) is 2.22. The predicted octanol–water partition coefficient (Wildman–Crippen LogP) is 2.48. The Morgan fingerprint density at radius 1 is 1.20 bits per heavy atom. The normalized spacial score (nSPS) is 27.8. The average Bonchev–Trinajstić information content (AvgIpc) is 2.91. The van der Waals surface area contributed by atoms with E-state index < -0.39 is 0 Å². The van der Waals surface area contributed by atoms with Crippen molar-refractivity contribution in [1.29, 1.82) is 0 Å². The molecule has 2 aliphatic rings. The van der Waals surface area contributed by atoms with Crippen molar-refractivity contribution in [3.8, 4) is 0 Å². The van der Waals surface area contributed by atoms with Crippen LogP contribution < -0.4 is 4.90 Å². The third-order valence-electron chi connectivity index (χ3n) is 5.02. The van der Waals surface area contributed by atoms with Gasteiger partial charge in [0.2, 0.25) is 5.95 Å². The summed E-state index contributed by atoms with van der Waals surface area (Å²) in [6, 6.07) is 9.08. The largest absolute Gasteiger partial charge is 0.342 e. The van der Waals surface area contributed by atoms with Crippen LogP contribution in [0.5, 0.6) is 0 Å². The number of para-hydroxylation sites is 2. The van der Waals surface area contributed by atoms with E-state index in [-0.39, 0.29) is 0 Å². The molecule has 0 bridgehead atoms. The number of likely N-dealkylation sites (tertiary alicyclic amines) is 1. The molecule has 2 saturated heterocycles. The number of fused-ring (bicyclic) bond motifs is 2. The van der Waals surface area contributed by atoms with Gasteiger partial charge in [0.05, 0.1) is 11.0 Å². The number of hydrogen-bond donors (Lipinski definition) is 1. The maximum absolute atomic E-state index is 4.75. The number of anilines is 1. The summed E-state index contributed by atoms with van der Waals surface area (Å²) in [7, 11) is 2.29. The summed E-state index contributed by atoms with van der Waals surface area (Å²) in [6.45, 7) is 3.53. The highest BCUT2D eigenvalue weighted by Gasteiger charge is 2.34. The Bertz CT molecular complexity index is 572. The Kier molecular flexibility index (Phi) is 2.91. The Morgan fingerprint density at radius 2 is 2.10 bits per heavy atom. The third-order valence-corrected chi connectivity index (χ3v) is 5.02. The summed E-state index contributed by atoms with van der Waals surface area (Å²) in [5.74, 6) is 1.86. The second-order valence-electron chi connectivity index (χ2n) is 6.26. The minimum Gasteiger partial charge on any atom is -0.342 e. The van der Waals surface area contributed by atoms with Gasteiger partial charge in [-0.3, -0.25) is 0 Å². The number of imidazole rings is 1. The summed E-state index contributed by atoms with van der Waals surface area (Å²) >= 11 is 0. The number of nitrogens with zero attached hydrogens (tertiary/aromatic N) is 3. The third kappa shape index (κ3) is 1.99. The van der Waals surface area contributed by atoms with E-state index >= 15 is 0 Å². The Hall–Kier alpha value is -1.55. The quantitative estimate of drug-likeness (QED) is 0.864. The fourth-order valence-electron chi connectivity index (χ4n) is 3.93. The highest BCUT2D eigenvalue weighted by Crippen LogP contribution is 2.31. The smallest absolute Gasteiger partial charge is 0.203 e. The van der Waals surface area contributed by atoms with E-state index in [4.69, 9.17) is 4.98 Å². The molecule has 0 radical (unpaired) electrons. The van der Waals surface area contributed by atoms with Gasteiger partial charge in [-0.05, 0) is 50.9 Å². The molecule has 2 aliphatic heterocycles. The molecule has 4 rings (SSSR count). The van der Waals surface area contributed by atoms with Crippen LogP contribution in [0.25, 0.3) is 11.0 Å². The van der Waals surface area contributed by atoms with E-state index in [9.17, 15) is 0 Å². The molecule has 0 saturated carbocycles. The van der Waals surface area contributed by atoms with Gasteiger partial charge in [0, 0.05) is 19.1 Å². The number of H-pyrrole nitrogens is 1. The summed E-state index contributed by atoms with van der Waals surface area (Å²) < 4.78 is 0. The lowest BCUT2D eigenvalue weighted by Crippen LogP contribution is -2.53. The maximum Gasteiger partial charge on any atom is 0.203 e. The topological polar surface area (TPSA) is 35.2 Å². The Morgan fingerprint density at radius 3 is 3.00 bits per heavy atom. The lowest BCUT2D eigenvalue weighted by molar-refractivity contribution is 0.102. The molecule has 4 heteroatoms. The van der Waals surface area contributed by atoms with Gasteiger partial charge in [-0.25, -0.2) is 4.98 Å². The standard InChI is InChI=1S/C16H22N4/c1-19-9-4-5-12-11-20(10-8-15(12)19)16-17-13-6-2-3-7-14(13)18-16/h2-3,6-7,12,15H,4-5,8-11H2,1H3,(H,17,18)/t12-,15+/m0/s1. The summed E-state index contributed by atoms with van der Waals surface area (Å²) in [4.78, 5) is 13.2. The summed E-state index contributed by atoms with van der Waals surface area (Å²) in [6.07, 6.45) is 3.97. The predicted molar refractivity (Wildman–Crippen MR) is 82.1 cm³/mol. The fraction of sp³-hybridized carbons (Fsp3) is 0.562. The van der Waals surface area contributed by atoms with Crippen LogP contribution in [-0.2, 0) is 0 Å². The van der Waals surface area contributed by atoms with Crippen LogP contribution >= 0.6 is 0 Å². The number of aromatic amines is 1. The van der Waals surface area contributed by atoms with Gasteiger partial charge < -0.3 is 14.8 Å². The highest BCUT2D eigenvalue weighted by molar-refractivity contribution is 5.77. The number of aromatic nitrogens is 2. The molecule has 1 N–H and O–H groups in total. The minimum absolute atomic E-state index is 0.782. The lowest BCUT2D eigenvalue weighted by Gasteiger charge is -2.45. The van der Waals surface area contributed by atoms with Crippen LogP contribution in [0.4, 0.5) is 5.95 Å². The highest BCUT2D eigenvalue weighted by atomic mass is 15.3. The van der Waals surface area contributed by atoms with Crippen molar-refractivity contribution in [2.45, 2.75) is 25.3 Å². The molecular formula is C16H22N4. The second kappa shape index (κ2) is 4.77. The lowest BCUT2D eigenvalue weighted by atomic mass is 9.84. The first-order chi connectivity index (χ1) is 9.81. The zero-order chi connectivity index (χ0) is 13.5. The van der Waals surface area contributed by atoms with Crippen LogP contribution in [0, 0.1) is 5.92 Å². The van der Waals surface area contributed by atoms with E-state index in [1.807, 2.05) is 0 Å². The van der Waals surface area contributed by atoms with Crippen molar-refractivity contribution in [2.24, 2.45) is 5.92 Å². The van der Waals surface area contributed by atoms with Gasteiger partial charge in [-0.15, -0.1) is 0 Å². The van der Waals surface area contributed by atoms with Crippen molar-refractivity contribution < 1.29 is 0 Å². The molecule has 2 aromatic rings. The van der Waals surface area contributed by atoms with Gasteiger partial charge >= 0.3 is 0 Å². The Labute approximate surface area is 119 Å². The van der Waals surface area contributed by atoms with Crippen molar-refractivity contribution in [2.75, 3.05) is 31.6 Å². The van der Waals surface area contributed by atoms with Crippen molar-refractivity contribution in [1.82, 2.24) is 14.9 Å². The monoisotopic (exact) mass is 270 g/mol. The van der Waals surface area contributed by atoms with Crippen molar-refractivity contribution in [3.63, 3.8) is 0 Å². The first kappa shape index (κ1) is 12.2. The van der Waals surface area contributed by atoms with E-state index in [0.29, 0.717) is 0 Å². The number of piperidine rings is 2. The molecule has 3 heterocycles. The summed E-state index contributed by atoms with van der Waals surface area (Å²) in [5, 5.41) is 0. The molecule has 106 valence electrons. The molecule has 0 spiro atoms. The molecule has 2 atom stereocenters. The number of hydrogen-bond acceptors (Lipinski definition) is 3. The SMILES string of the molecule is CN1CCC[C@H]2CN(c3nc4ccccc4[nH]3)CC[C@H]21. The number of rotatable bonds is 1.